The van der Waals surface area contributed by atoms with Crippen molar-refractivity contribution in [2.45, 2.75) is 0 Å². The molecule has 0 spiro atoms. The third-order valence-corrected chi connectivity index (χ3v) is 5.00. The van der Waals surface area contributed by atoms with Gasteiger partial charge in [0.25, 0.3) is 0 Å². The number of benzene rings is 2. The first kappa shape index (κ1) is 21.3. The molecule has 0 saturated carbocycles. The molecule has 0 bridgehead atoms. The molecule has 2 rings (SSSR count). The number of thioether (sulfide) groups is 1. The average molecular weight is 512 g/mol. The topological polar surface area (TPSA) is 82.9 Å². The minimum Gasteiger partial charge on any atom is -0.272 e. The second-order valence-corrected chi connectivity index (χ2v) is 8.00. The Morgan fingerprint density at radius 3 is 1.52 bits per heavy atom. The van der Waals surface area contributed by atoms with Crippen molar-refractivity contribution in [2.24, 2.45) is 10.2 Å². The third-order valence-electron chi connectivity index (χ3n) is 3.01. The zero-order valence-electron chi connectivity index (χ0n) is 14.1. The summed E-state index contributed by atoms with van der Waals surface area (Å²) in [6.07, 6.45) is 3.11. The minimum absolute atomic E-state index is 0.127. The van der Waals surface area contributed by atoms with Crippen molar-refractivity contribution in [1.82, 2.24) is 10.9 Å². The molecule has 0 aromatic heterocycles. The number of nitrogens with zero attached hydrogens (tertiary/aromatic N) is 2. The van der Waals surface area contributed by atoms with E-state index in [1.807, 2.05) is 48.5 Å². The van der Waals surface area contributed by atoms with Crippen LogP contribution in [0.3, 0.4) is 0 Å². The van der Waals surface area contributed by atoms with E-state index < -0.39 is 0 Å². The van der Waals surface area contributed by atoms with Gasteiger partial charge in [0, 0.05) is 8.95 Å². The van der Waals surface area contributed by atoms with E-state index in [0.717, 1.165) is 20.1 Å². The van der Waals surface area contributed by atoms with Gasteiger partial charge >= 0.3 is 0 Å². The molecule has 2 aromatic rings. The van der Waals surface area contributed by atoms with Crippen LogP contribution in [0.4, 0.5) is 0 Å². The number of hydrogen-bond acceptors (Lipinski definition) is 5. The van der Waals surface area contributed by atoms with Gasteiger partial charge in [-0.15, -0.1) is 11.8 Å². The van der Waals surface area contributed by atoms with E-state index in [0.29, 0.717) is 0 Å². The zero-order chi connectivity index (χ0) is 19.5. The number of carbonyl (C=O) groups is 2. The largest absolute Gasteiger partial charge is 0.272 e. The van der Waals surface area contributed by atoms with Crippen LogP contribution in [-0.2, 0) is 9.59 Å². The number of hydrazone groups is 2. The second-order valence-electron chi connectivity index (χ2n) is 5.18. The Bertz CT molecular complexity index is 755. The van der Waals surface area contributed by atoms with Gasteiger partial charge in [0.15, 0.2) is 0 Å². The number of nitrogens with one attached hydrogen (secondary N) is 2. The van der Waals surface area contributed by atoms with E-state index >= 15 is 0 Å². The van der Waals surface area contributed by atoms with Crippen LogP contribution in [0.5, 0.6) is 0 Å². The number of hydrogen-bond donors (Lipinski definition) is 2. The average Bonchev–Trinajstić information content (AvgIpc) is 2.65. The molecule has 0 atom stereocenters. The van der Waals surface area contributed by atoms with Crippen LogP contribution in [0, 0.1) is 0 Å². The summed E-state index contributed by atoms with van der Waals surface area (Å²) in [6.45, 7) is 0. The number of amides is 2. The Balaban J connectivity index is 1.61. The normalized spacial score (nSPS) is 11.0. The van der Waals surface area contributed by atoms with E-state index in [-0.39, 0.29) is 23.3 Å². The summed E-state index contributed by atoms with van der Waals surface area (Å²) in [5.74, 6) is -0.303. The van der Waals surface area contributed by atoms with Crippen LogP contribution >= 0.6 is 43.6 Å². The molecule has 0 aliphatic heterocycles. The first-order valence-corrected chi connectivity index (χ1v) is 10.5. The summed E-state index contributed by atoms with van der Waals surface area (Å²) in [4.78, 5) is 23.4. The standard InChI is InChI=1S/C18H16Br2N4O2S/c19-15-5-1-13(2-6-15)9-21-23-17(25)11-27-12-18(26)24-22-10-14-3-7-16(20)8-4-14/h1-10H,11-12H2,(H,23,25)(H,24,26)/b21-9-,22-10+. The maximum absolute atomic E-state index is 11.7. The Labute approximate surface area is 178 Å². The predicted molar refractivity (Wildman–Crippen MR) is 117 cm³/mol. The van der Waals surface area contributed by atoms with E-state index in [1.165, 1.54) is 11.8 Å². The van der Waals surface area contributed by atoms with Gasteiger partial charge in [-0.05, 0) is 35.4 Å². The lowest BCUT2D eigenvalue weighted by molar-refractivity contribution is -0.118. The van der Waals surface area contributed by atoms with E-state index in [1.54, 1.807) is 12.4 Å². The van der Waals surface area contributed by atoms with Crippen LogP contribution < -0.4 is 10.9 Å². The maximum atomic E-state index is 11.7. The van der Waals surface area contributed by atoms with Crippen molar-refractivity contribution in [3.63, 3.8) is 0 Å². The van der Waals surface area contributed by atoms with Gasteiger partial charge in [0.2, 0.25) is 11.8 Å². The monoisotopic (exact) mass is 510 g/mol. The van der Waals surface area contributed by atoms with Gasteiger partial charge in [0.1, 0.15) is 0 Å². The third kappa shape index (κ3) is 8.98. The lowest BCUT2D eigenvalue weighted by Gasteiger charge is -2.01. The Morgan fingerprint density at radius 1 is 0.778 bits per heavy atom. The van der Waals surface area contributed by atoms with E-state index in [4.69, 9.17) is 0 Å². The smallest absolute Gasteiger partial charge is 0.250 e. The summed E-state index contributed by atoms with van der Waals surface area (Å²) in [7, 11) is 0. The highest BCUT2D eigenvalue weighted by Crippen LogP contribution is 2.09. The molecule has 140 valence electrons. The van der Waals surface area contributed by atoms with Gasteiger partial charge < -0.3 is 0 Å². The van der Waals surface area contributed by atoms with E-state index in [2.05, 4.69) is 52.9 Å². The molecular formula is C18H16Br2N4O2S. The lowest BCUT2D eigenvalue weighted by atomic mass is 10.2. The Morgan fingerprint density at radius 2 is 1.15 bits per heavy atom. The van der Waals surface area contributed by atoms with Crippen LogP contribution in [0.2, 0.25) is 0 Å². The van der Waals surface area contributed by atoms with Gasteiger partial charge in [-0.2, -0.15) is 10.2 Å². The number of halogens is 2. The molecule has 6 nitrogen and oxygen atoms in total. The second kappa shape index (κ2) is 11.7. The molecule has 2 amide bonds. The SMILES string of the molecule is O=C(CSCC(=O)N/N=C/c1ccc(Br)cc1)N/N=C\c1ccc(Br)cc1. The molecule has 0 radical (unpaired) electrons. The quantitative estimate of drug-likeness (QED) is 0.420. The first-order valence-electron chi connectivity index (χ1n) is 7.75. The number of rotatable bonds is 8. The van der Waals surface area contributed by atoms with Crippen molar-refractivity contribution < 1.29 is 9.59 Å². The van der Waals surface area contributed by atoms with Crippen LogP contribution in [-0.4, -0.2) is 35.7 Å². The van der Waals surface area contributed by atoms with Gasteiger partial charge in [-0.25, -0.2) is 10.9 Å². The summed E-state index contributed by atoms with van der Waals surface area (Å²) in [6, 6.07) is 15.0. The van der Waals surface area contributed by atoms with Crippen molar-refractivity contribution >= 4 is 67.9 Å². The van der Waals surface area contributed by atoms with Crippen LogP contribution in [0.25, 0.3) is 0 Å². The summed E-state index contributed by atoms with van der Waals surface area (Å²) in [5, 5.41) is 7.76. The van der Waals surface area contributed by atoms with Gasteiger partial charge in [-0.3, -0.25) is 9.59 Å². The first-order chi connectivity index (χ1) is 13.0. The van der Waals surface area contributed by atoms with Crippen LogP contribution in [0.1, 0.15) is 11.1 Å². The van der Waals surface area contributed by atoms with Gasteiger partial charge in [-0.1, -0.05) is 56.1 Å². The molecule has 0 saturated heterocycles. The highest BCUT2D eigenvalue weighted by atomic mass is 79.9. The lowest BCUT2D eigenvalue weighted by Crippen LogP contribution is -2.23. The van der Waals surface area contributed by atoms with Crippen molar-refractivity contribution in [2.75, 3.05) is 11.5 Å². The fraction of sp³-hybridized carbons (Fsp3) is 0.111. The Kier molecular flexibility index (Phi) is 9.23. The van der Waals surface area contributed by atoms with Crippen LogP contribution in [0.15, 0.2) is 67.7 Å². The van der Waals surface area contributed by atoms with Crippen molar-refractivity contribution in [3.8, 4) is 0 Å². The molecule has 0 unspecified atom stereocenters. The molecule has 0 fully saturated rings. The predicted octanol–water partition coefficient (Wildman–Crippen LogP) is 3.55. The van der Waals surface area contributed by atoms with Crippen molar-refractivity contribution in [1.29, 1.82) is 0 Å². The summed E-state index contributed by atoms with van der Waals surface area (Å²) < 4.78 is 1.94. The molecule has 27 heavy (non-hydrogen) atoms. The van der Waals surface area contributed by atoms with Gasteiger partial charge in [0.05, 0.1) is 23.9 Å². The maximum Gasteiger partial charge on any atom is 0.250 e. The number of carbonyl (C=O) groups excluding carboxylic acids is 2. The highest BCUT2D eigenvalue weighted by Gasteiger charge is 2.04. The molecule has 2 aromatic carbocycles. The summed E-state index contributed by atoms with van der Waals surface area (Å²) >= 11 is 7.88. The van der Waals surface area contributed by atoms with Crippen molar-refractivity contribution in [3.05, 3.63) is 68.6 Å². The molecule has 0 heterocycles. The highest BCUT2D eigenvalue weighted by molar-refractivity contribution is 9.10. The zero-order valence-corrected chi connectivity index (χ0v) is 18.1. The molecule has 9 heteroatoms. The molecule has 0 aliphatic carbocycles. The fourth-order valence-corrected chi connectivity index (χ4v) is 2.89. The Hall–Kier alpha value is -1.97. The summed E-state index contributed by atoms with van der Waals surface area (Å²) in [5.41, 5.74) is 6.58. The minimum atomic E-state index is -0.278. The van der Waals surface area contributed by atoms with E-state index in [9.17, 15) is 9.59 Å². The molecular weight excluding hydrogens is 496 g/mol. The molecule has 0 aliphatic rings. The fourth-order valence-electron chi connectivity index (χ4n) is 1.76. The molecule has 2 N–H and O–H groups in total.